The maximum absolute atomic E-state index is 8.49. The zero-order chi connectivity index (χ0) is 22.9. The van der Waals surface area contributed by atoms with Crippen LogP contribution in [0.15, 0.2) is 54.6 Å². The van der Waals surface area contributed by atoms with Crippen LogP contribution in [0, 0.1) is 11.8 Å². The molecule has 2 aromatic rings. The molecule has 1 unspecified atom stereocenters. The van der Waals surface area contributed by atoms with Gasteiger partial charge in [0.15, 0.2) is 0 Å². The number of piperazine rings is 1. The average Bonchev–Trinajstić information content (AvgIpc) is 3.29. The molecule has 2 aliphatic rings. The first-order valence-electron chi connectivity index (χ1n) is 11.8. The van der Waals surface area contributed by atoms with E-state index < -0.39 is 0 Å². The molecule has 0 saturated carbocycles. The second-order valence-corrected chi connectivity index (χ2v) is 9.07. The summed E-state index contributed by atoms with van der Waals surface area (Å²) in [6.07, 6.45) is 3.03. The first kappa shape index (κ1) is 24.2. The summed E-state index contributed by atoms with van der Waals surface area (Å²) in [5.41, 5.74) is 7.13. The number of benzene rings is 2. The first-order valence-corrected chi connectivity index (χ1v) is 12.1. The third-order valence-corrected chi connectivity index (χ3v) is 6.61. The van der Waals surface area contributed by atoms with Crippen molar-refractivity contribution in [3.05, 3.63) is 70.7 Å². The van der Waals surface area contributed by atoms with E-state index in [1.165, 1.54) is 11.1 Å². The van der Waals surface area contributed by atoms with Gasteiger partial charge >= 0.3 is 0 Å². The Labute approximate surface area is 201 Å². The van der Waals surface area contributed by atoms with Gasteiger partial charge in [-0.3, -0.25) is 9.80 Å². The fraction of sp³-hybridized carbons (Fsp3) is 0.462. The summed E-state index contributed by atoms with van der Waals surface area (Å²) < 4.78 is 6.17. The van der Waals surface area contributed by atoms with Gasteiger partial charge in [0.25, 0.3) is 0 Å². The van der Waals surface area contributed by atoms with E-state index in [0.717, 1.165) is 50.6 Å². The summed E-state index contributed by atoms with van der Waals surface area (Å²) in [6.45, 7) is 5.68. The number of rotatable bonds is 8. The van der Waals surface area contributed by atoms with E-state index in [-0.39, 0.29) is 18.2 Å². The van der Waals surface area contributed by atoms with Gasteiger partial charge in [0.05, 0.1) is 12.1 Å². The molecule has 2 aromatic carbocycles. The Morgan fingerprint density at radius 1 is 1.00 bits per heavy atom. The van der Waals surface area contributed by atoms with Crippen LogP contribution < -0.4 is 11.0 Å². The van der Waals surface area contributed by atoms with Crippen LogP contribution in [0.5, 0.6) is 0 Å². The Kier molecular flexibility index (Phi) is 9.16. The van der Waals surface area contributed by atoms with Gasteiger partial charge < -0.3 is 9.94 Å². The monoisotopic (exact) mass is 468 g/mol. The molecule has 3 N–H and O–H groups in total. The van der Waals surface area contributed by atoms with Crippen molar-refractivity contribution in [1.29, 1.82) is 0 Å². The molecule has 7 heteroatoms. The number of nitrogens with one attached hydrogen (secondary N) is 2. The van der Waals surface area contributed by atoms with Crippen molar-refractivity contribution >= 4 is 11.6 Å². The second-order valence-electron chi connectivity index (χ2n) is 8.64. The van der Waals surface area contributed by atoms with Crippen molar-refractivity contribution in [3.63, 3.8) is 0 Å². The molecule has 0 amide bonds. The Morgan fingerprint density at radius 2 is 1.73 bits per heavy atom. The van der Waals surface area contributed by atoms with Gasteiger partial charge in [0.2, 0.25) is 0 Å². The largest absolute Gasteiger partial charge is 0.361 e. The highest BCUT2D eigenvalue weighted by Crippen LogP contribution is 2.30. The minimum atomic E-state index is 0.0331. The number of hydrazine groups is 1. The van der Waals surface area contributed by atoms with Gasteiger partial charge in [-0.2, -0.15) is 0 Å². The Bertz CT molecular complexity index is 907. The lowest BCUT2D eigenvalue weighted by molar-refractivity contribution is 0.0274. The number of hydrogen-bond donors (Lipinski definition) is 3. The van der Waals surface area contributed by atoms with E-state index in [0.29, 0.717) is 13.0 Å². The fourth-order valence-corrected chi connectivity index (χ4v) is 4.83. The quantitative estimate of drug-likeness (QED) is 0.313. The molecular formula is C26H33ClN4O2. The summed E-state index contributed by atoms with van der Waals surface area (Å²) in [7, 11) is 0. The van der Waals surface area contributed by atoms with Crippen molar-refractivity contribution in [2.45, 2.75) is 37.5 Å². The number of halogens is 1. The summed E-state index contributed by atoms with van der Waals surface area (Å²) in [5.74, 6) is 6.33. The second kappa shape index (κ2) is 12.5. The molecule has 0 spiro atoms. The molecule has 2 heterocycles. The molecule has 3 atom stereocenters. The van der Waals surface area contributed by atoms with Crippen molar-refractivity contribution in [2.24, 2.45) is 0 Å². The lowest BCUT2D eigenvalue weighted by atomic mass is 9.96. The molecule has 2 aliphatic heterocycles. The van der Waals surface area contributed by atoms with Crippen LogP contribution in [0.2, 0.25) is 5.02 Å². The standard InChI is InChI=1S/C26H33ClN4O2/c27-23-11-9-22(10-12-23)26(21-6-2-1-3-7-21)31-18-16-30(17-19-31)20-25-14-13-24(33-25)8-4-5-15-28-29-32/h1-3,6-7,9-12,24-26,28-29,32H,5,13-20H2/t24-,25?,26+/m0/s1. The Balaban J connectivity index is 1.30. The van der Waals surface area contributed by atoms with Gasteiger partial charge in [0.1, 0.15) is 6.10 Å². The van der Waals surface area contributed by atoms with E-state index in [1.807, 2.05) is 17.7 Å². The zero-order valence-electron chi connectivity index (χ0n) is 18.9. The highest BCUT2D eigenvalue weighted by atomic mass is 35.5. The first-order chi connectivity index (χ1) is 16.2. The topological polar surface area (TPSA) is 60.0 Å². The summed E-state index contributed by atoms with van der Waals surface area (Å²) in [6, 6.07) is 19.3. The Hall–Kier alpha value is -1.95. The molecule has 0 bridgehead atoms. The van der Waals surface area contributed by atoms with Gasteiger partial charge in [-0.15, -0.1) is 5.59 Å². The predicted molar refractivity (Wildman–Crippen MR) is 131 cm³/mol. The van der Waals surface area contributed by atoms with Gasteiger partial charge in [-0.1, -0.05) is 65.9 Å². The molecule has 2 saturated heterocycles. The lowest BCUT2D eigenvalue weighted by Crippen LogP contribution is -2.49. The minimum absolute atomic E-state index is 0.0331. The maximum atomic E-state index is 8.49. The van der Waals surface area contributed by atoms with E-state index in [1.54, 1.807) is 0 Å². The normalized spacial score (nSPS) is 22.6. The van der Waals surface area contributed by atoms with Crippen LogP contribution in [-0.4, -0.2) is 66.5 Å². The molecule has 33 heavy (non-hydrogen) atoms. The fourth-order valence-electron chi connectivity index (χ4n) is 4.70. The van der Waals surface area contributed by atoms with Crippen molar-refractivity contribution in [3.8, 4) is 11.8 Å². The third kappa shape index (κ3) is 7.02. The molecule has 6 nitrogen and oxygen atoms in total. The lowest BCUT2D eigenvalue weighted by Gasteiger charge is -2.40. The molecule has 0 aliphatic carbocycles. The summed E-state index contributed by atoms with van der Waals surface area (Å²) in [4.78, 5) is 5.10. The van der Waals surface area contributed by atoms with Crippen LogP contribution in [0.25, 0.3) is 0 Å². The highest BCUT2D eigenvalue weighted by molar-refractivity contribution is 6.30. The predicted octanol–water partition coefficient (Wildman–Crippen LogP) is 3.47. The molecule has 176 valence electrons. The van der Waals surface area contributed by atoms with Crippen molar-refractivity contribution in [2.75, 3.05) is 39.3 Å². The molecule has 2 fully saturated rings. The molecule has 0 radical (unpaired) electrons. The summed E-state index contributed by atoms with van der Waals surface area (Å²) in [5, 5.41) is 9.27. The van der Waals surface area contributed by atoms with Gasteiger partial charge in [0, 0.05) is 50.7 Å². The van der Waals surface area contributed by atoms with Crippen LogP contribution in [0.4, 0.5) is 0 Å². The van der Waals surface area contributed by atoms with Crippen molar-refractivity contribution in [1.82, 2.24) is 20.8 Å². The van der Waals surface area contributed by atoms with Crippen molar-refractivity contribution < 1.29 is 9.94 Å². The Morgan fingerprint density at radius 3 is 2.45 bits per heavy atom. The van der Waals surface area contributed by atoms with Crippen LogP contribution in [-0.2, 0) is 4.74 Å². The van der Waals surface area contributed by atoms with E-state index >= 15 is 0 Å². The van der Waals surface area contributed by atoms with E-state index in [9.17, 15) is 0 Å². The zero-order valence-corrected chi connectivity index (χ0v) is 19.7. The molecule has 4 rings (SSSR count). The highest BCUT2D eigenvalue weighted by Gasteiger charge is 2.30. The number of ether oxygens (including phenoxy) is 1. The molecule has 0 aromatic heterocycles. The minimum Gasteiger partial charge on any atom is -0.361 e. The van der Waals surface area contributed by atoms with Crippen LogP contribution >= 0.6 is 11.6 Å². The van der Waals surface area contributed by atoms with Crippen LogP contribution in [0.3, 0.4) is 0 Å². The summed E-state index contributed by atoms with van der Waals surface area (Å²) >= 11 is 6.15. The number of hydrogen-bond acceptors (Lipinski definition) is 6. The van der Waals surface area contributed by atoms with Gasteiger partial charge in [-0.05, 0) is 36.1 Å². The smallest absolute Gasteiger partial charge is 0.118 e. The number of nitrogens with zero attached hydrogens (tertiary/aromatic N) is 2. The SMILES string of the molecule is ONNCCC#C[C@H]1CCC(CN2CCN([C@H](c3ccccc3)c3ccc(Cl)cc3)CC2)O1. The van der Waals surface area contributed by atoms with E-state index in [4.69, 9.17) is 21.5 Å². The third-order valence-electron chi connectivity index (χ3n) is 6.36. The average molecular weight is 469 g/mol. The van der Waals surface area contributed by atoms with Gasteiger partial charge in [-0.25, -0.2) is 5.43 Å². The van der Waals surface area contributed by atoms with E-state index in [2.05, 4.69) is 69.5 Å². The maximum Gasteiger partial charge on any atom is 0.118 e. The molecular weight excluding hydrogens is 436 g/mol. The van der Waals surface area contributed by atoms with Crippen LogP contribution in [0.1, 0.15) is 36.4 Å².